The van der Waals surface area contributed by atoms with E-state index < -0.39 is 17.0 Å². The molecule has 5 rings (SSSR count). The largest absolute Gasteiger partial charge is 0.352 e. The number of piperazine rings is 1. The van der Waals surface area contributed by atoms with Crippen LogP contribution in [0.1, 0.15) is 22.1 Å². The minimum atomic E-state index is -0.722. The van der Waals surface area contributed by atoms with Gasteiger partial charge in [0.1, 0.15) is 23.1 Å². The maximum absolute atomic E-state index is 14.7. The third-order valence-corrected chi connectivity index (χ3v) is 6.68. The summed E-state index contributed by atoms with van der Waals surface area (Å²) in [6, 6.07) is 7.03. The lowest BCUT2D eigenvalue weighted by molar-refractivity contribution is 0.0737. The number of anilines is 1. The minimum Gasteiger partial charge on any atom is -0.352 e. The summed E-state index contributed by atoms with van der Waals surface area (Å²) in [4.78, 5) is 30.2. The van der Waals surface area contributed by atoms with Gasteiger partial charge in [0.05, 0.1) is 23.0 Å². The molecule has 0 radical (unpaired) electrons. The summed E-state index contributed by atoms with van der Waals surface area (Å²) < 4.78 is 30.0. The van der Waals surface area contributed by atoms with Gasteiger partial charge in [0.25, 0.3) is 5.91 Å². The van der Waals surface area contributed by atoms with Gasteiger partial charge in [-0.3, -0.25) is 14.8 Å². The van der Waals surface area contributed by atoms with Gasteiger partial charge in [-0.2, -0.15) is 0 Å². The molecule has 7 nitrogen and oxygen atoms in total. The van der Waals surface area contributed by atoms with E-state index in [0.717, 1.165) is 6.07 Å². The van der Waals surface area contributed by atoms with Gasteiger partial charge in [-0.1, -0.05) is 6.08 Å². The highest BCUT2D eigenvalue weighted by atomic mass is 35.5. The molecule has 3 aromatic rings. The van der Waals surface area contributed by atoms with Crippen molar-refractivity contribution in [3.8, 4) is 11.3 Å². The maximum Gasteiger partial charge on any atom is 0.270 e. The molecule has 1 fully saturated rings. The van der Waals surface area contributed by atoms with Gasteiger partial charge in [0, 0.05) is 69.4 Å². The molecule has 2 unspecified atom stereocenters. The summed E-state index contributed by atoms with van der Waals surface area (Å²) >= 11 is 6.51. The first-order valence-corrected chi connectivity index (χ1v) is 11.7. The monoisotopic (exact) mass is 496 g/mol. The molecular formula is C25H23ClF2N6O. The van der Waals surface area contributed by atoms with Crippen molar-refractivity contribution in [3.63, 3.8) is 0 Å². The summed E-state index contributed by atoms with van der Waals surface area (Å²) in [5.74, 6) is -1.18. The van der Waals surface area contributed by atoms with Crippen LogP contribution in [0.15, 0.2) is 60.0 Å². The quantitative estimate of drug-likeness (QED) is 0.512. The van der Waals surface area contributed by atoms with Gasteiger partial charge < -0.3 is 14.4 Å². The van der Waals surface area contributed by atoms with Crippen molar-refractivity contribution in [1.82, 2.24) is 19.4 Å². The topological polar surface area (TPSA) is 66.6 Å². The Hall–Kier alpha value is -3.59. The number of halogens is 3. The van der Waals surface area contributed by atoms with Crippen molar-refractivity contribution in [2.45, 2.75) is 11.3 Å². The molecule has 0 aliphatic carbocycles. The smallest absolute Gasteiger partial charge is 0.270 e. The molecular weight excluding hydrogens is 474 g/mol. The predicted octanol–water partition coefficient (Wildman–Crippen LogP) is 4.01. The number of aliphatic imine (C=N–C) groups is 1. The second kappa shape index (κ2) is 9.58. The van der Waals surface area contributed by atoms with Crippen LogP contribution in [0.2, 0.25) is 0 Å². The Morgan fingerprint density at radius 3 is 2.63 bits per heavy atom. The fourth-order valence-corrected chi connectivity index (χ4v) is 4.63. The average Bonchev–Trinajstić information content (AvgIpc) is 3.30. The van der Waals surface area contributed by atoms with E-state index in [1.54, 1.807) is 24.7 Å². The number of carbonyl (C=O) groups is 1. The summed E-state index contributed by atoms with van der Waals surface area (Å²) in [7, 11) is 1.85. The van der Waals surface area contributed by atoms with Crippen LogP contribution in [0.3, 0.4) is 0 Å². The highest BCUT2D eigenvalue weighted by Crippen LogP contribution is 2.35. The summed E-state index contributed by atoms with van der Waals surface area (Å²) in [6.45, 7) is 2.20. The van der Waals surface area contributed by atoms with Crippen molar-refractivity contribution >= 4 is 29.5 Å². The number of allylic oxidation sites excluding steroid dienone is 1. The number of rotatable bonds is 4. The number of carbonyl (C=O) groups excluding carboxylic acids is 1. The van der Waals surface area contributed by atoms with Crippen LogP contribution >= 0.6 is 11.6 Å². The second-order valence-corrected chi connectivity index (χ2v) is 8.98. The first-order chi connectivity index (χ1) is 16.9. The zero-order valence-electron chi connectivity index (χ0n) is 19.0. The summed E-state index contributed by atoms with van der Waals surface area (Å²) in [5.41, 5.74) is 1.58. The Morgan fingerprint density at radius 2 is 1.94 bits per heavy atom. The van der Waals surface area contributed by atoms with Gasteiger partial charge >= 0.3 is 0 Å². The van der Waals surface area contributed by atoms with Crippen LogP contribution in [0.25, 0.3) is 11.3 Å². The van der Waals surface area contributed by atoms with Crippen molar-refractivity contribution in [2.24, 2.45) is 12.0 Å². The predicted molar refractivity (Wildman–Crippen MR) is 131 cm³/mol. The SMILES string of the molecule is Cn1cccc1C(=O)N1CCN(c2cnc(-c3ccc(F)cc3F)c(C3C=CN=CC3Cl)n2)CC1. The molecule has 1 amide bonds. The van der Waals surface area contributed by atoms with Crippen LogP contribution < -0.4 is 4.90 Å². The van der Waals surface area contributed by atoms with Gasteiger partial charge in [0.2, 0.25) is 0 Å². The van der Waals surface area contributed by atoms with Crippen LogP contribution in [-0.4, -0.2) is 63.1 Å². The number of amides is 1. The fraction of sp³-hybridized carbons (Fsp3) is 0.280. The van der Waals surface area contributed by atoms with E-state index >= 15 is 0 Å². The van der Waals surface area contributed by atoms with E-state index in [1.165, 1.54) is 12.1 Å². The van der Waals surface area contributed by atoms with Crippen molar-refractivity contribution in [3.05, 3.63) is 78.0 Å². The average molecular weight is 497 g/mol. The molecule has 0 saturated carbocycles. The van der Waals surface area contributed by atoms with E-state index in [4.69, 9.17) is 16.6 Å². The molecule has 1 aromatic carbocycles. The van der Waals surface area contributed by atoms with Gasteiger partial charge in [0.15, 0.2) is 0 Å². The first-order valence-electron chi connectivity index (χ1n) is 11.2. The lowest BCUT2D eigenvalue weighted by Gasteiger charge is -2.35. The zero-order chi connectivity index (χ0) is 24.5. The third-order valence-electron chi connectivity index (χ3n) is 6.29. The molecule has 0 bridgehead atoms. The Balaban J connectivity index is 1.43. The van der Waals surface area contributed by atoms with Crippen LogP contribution in [0.4, 0.5) is 14.6 Å². The van der Waals surface area contributed by atoms with Gasteiger partial charge in [-0.05, 0) is 24.3 Å². The fourth-order valence-electron chi connectivity index (χ4n) is 4.37. The number of aryl methyl sites for hydroxylation is 1. The van der Waals surface area contributed by atoms with E-state index in [0.29, 0.717) is 49.1 Å². The molecule has 10 heteroatoms. The summed E-state index contributed by atoms with van der Waals surface area (Å²) in [6.07, 6.45) is 8.45. The van der Waals surface area contributed by atoms with E-state index in [9.17, 15) is 13.6 Å². The van der Waals surface area contributed by atoms with E-state index in [1.807, 2.05) is 39.7 Å². The zero-order valence-corrected chi connectivity index (χ0v) is 19.7. The molecule has 2 aliphatic heterocycles. The van der Waals surface area contributed by atoms with Crippen LogP contribution in [0, 0.1) is 11.6 Å². The van der Waals surface area contributed by atoms with E-state index in [2.05, 4.69) is 9.98 Å². The Labute approximate surface area is 206 Å². The molecule has 180 valence electrons. The molecule has 0 N–H and O–H groups in total. The van der Waals surface area contributed by atoms with Crippen molar-refractivity contribution in [2.75, 3.05) is 31.1 Å². The van der Waals surface area contributed by atoms with Gasteiger partial charge in [-0.15, -0.1) is 11.6 Å². The van der Waals surface area contributed by atoms with Crippen molar-refractivity contribution in [1.29, 1.82) is 0 Å². The number of hydrogen-bond donors (Lipinski definition) is 0. The van der Waals surface area contributed by atoms with Crippen LogP contribution in [-0.2, 0) is 7.05 Å². The Morgan fingerprint density at radius 1 is 1.14 bits per heavy atom. The first kappa shape index (κ1) is 23.2. The number of alkyl halides is 1. The minimum absolute atomic E-state index is 0.0114. The molecule has 2 aliphatic rings. The summed E-state index contributed by atoms with van der Waals surface area (Å²) in [5, 5.41) is -0.494. The number of hydrogen-bond acceptors (Lipinski definition) is 5. The molecule has 2 aromatic heterocycles. The third kappa shape index (κ3) is 4.55. The molecule has 4 heterocycles. The lowest BCUT2D eigenvalue weighted by Crippen LogP contribution is -2.49. The van der Waals surface area contributed by atoms with Crippen LogP contribution in [0.5, 0.6) is 0 Å². The standard InChI is InChI=1S/C25H23ClF2N6O/c1-32-8-2-3-21(32)25(35)34-11-9-33(10-12-34)22-15-30-23(18-5-4-16(27)13-20(18)28)24(31-22)17-6-7-29-14-19(17)26/h2-8,13-15,17,19H,9-12H2,1H3. The Kier molecular flexibility index (Phi) is 6.34. The molecule has 0 spiro atoms. The molecule has 35 heavy (non-hydrogen) atoms. The number of benzene rings is 1. The van der Waals surface area contributed by atoms with Gasteiger partial charge in [-0.25, -0.2) is 13.8 Å². The van der Waals surface area contributed by atoms with Crippen molar-refractivity contribution < 1.29 is 13.6 Å². The lowest BCUT2D eigenvalue weighted by atomic mass is 9.95. The normalized spacial score (nSPS) is 19.9. The maximum atomic E-state index is 14.7. The van der Waals surface area contributed by atoms with E-state index in [-0.39, 0.29) is 17.4 Å². The highest BCUT2D eigenvalue weighted by molar-refractivity contribution is 6.29. The Bertz CT molecular complexity index is 1320. The number of aromatic nitrogens is 3. The molecule has 2 atom stereocenters. The number of nitrogens with zero attached hydrogens (tertiary/aromatic N) is 6. The molecule has 1 saturated heterocycles. The second-order valence-electron chi connectivity index (χ2n) is 8.48. The highest BCUT2D eigenvalue weighted by Gasteiger charge is 2.29.